The minimum Gasteiger partial charge on any atom is -0.381 e. The smallest absolute Gasteiger partial charge is 0.0793 e. The first-order valence-corrected chi connectivity index (χ1v) is 6.38. The van der Waals surface area contributed by atoms with Crippen molar-refractivity contribution in [1.82, 2.24) is 5.06 Å². The third-order valence-electron chi connectivity index (χ3n) is 3.44. The van der Waals surface area contributed by atoms with Gasteiger partial charge in [0, 0.05) is 19.7 Å². The lowest BCUT2D eigenvalue weighted by atomic mass is 10.1. The molecule has 1 unspecified atom stereocenters. The van der Waals surface area contributed by atoms with Crippen LogP contribution in [0.3, 0.4) is 0 Å². The summed E-state index contributed by atoms with van der Waals surface area (Å²) in [6.07, 6.45) is 6.87. The fourth-order valence-corrected chi connectivity index (χ4v) is 2.47. The molecule has 3 nitrogen and oxygen atoms in total. The van der Waals surface area contributed by atoms with E-state index in [1.807, 2.05) is 0 Å². The maximum atomic E-state index is 6.00. The van der Waals surface area contributed by atoms with Crippen LogP contribution in [0.2, 0.25) is 0 Å². The summed E-state index contributed by atoms with van der Waals surface area (Å²) in [5.41, 5.74) is 0. The van der Waals surface area contributed by atoms with Gasteiger partial charge in [0.2, 0.25) is 0 Å². The van der Waals surface area contributed by atoms with Crippen molar-refractivity contribution in [2.24, 2.45) is 5.92 Å². The van der Waals surface area contributed by atoms with E-state index in [9.17, 15) is 0 Å². The molecular formula is C12H23NO2. The zero-order chi connectivity index (χ0) is 10.5. The van der Waals surface area contributed by atoms with Gasteiger partial charge in [0.15, 0.2) is 0 Å². The highest BCUT2D eigenvalue weighted by atomic mass is 16.7. The SMILES string of the molecule is CCN(CC1CCOC1)OC1CCCC1. The Bertz CT molecular complexity index is 156. The highest BCUT2D eigenvalue weighted by Crippen LogP contribution is 2.23. The van der Waals surface area contributed by atoms with E-state index in [4.69, 9.17) is 9.57 Å². The molecule has 0 aromatic heterocycles. The standard InChI is InChI=1S/C12H23NO2/c1-2-13(9-11-7-8-14-10-11)15-12-5-3-4-6-12/h11-12H,2-10H2,1H3. The Morgan fingerprint density at radius 2 is 2.07 bits per heavy atom. The van der Waals surface area contributed by atoms with Crippen molar-refractivity contribution in [1.29, 1.82) is 0 Å². The van der Waals surface area contributed by atoms with Crippen molar-refractivity contribution in [2.45, 2.75) is 45.1 Å². The summed E-state index contributed by atoms with van der Waals surface area (Å²) in [6.45, 7) is 6.07. The Morgan fingerprint density at radius 1 is 1.27 bits per heavy atom. The predicted molar refractivity (Wildman–Crippen MR) is 59.5 cm³/mol. The maximum absolute atomic E-state index is 6.00. The van der Waals surface area contributed by atoms with Crippen molar-refractivity contribution in [3.63, 3.8) is 0 Å². The second-order valence-corrected chi connectivity index (χ2v) is 4.72. The summed E-state index contributed by atoms with van der Waals surface area (Å²) >= 11 is 0. The zero-order valence-corrected chi connectivity index (χ0v) is 9.78. The number of hydrogen-bond acceptors (Lipinski definition) is 3. The van der Waals surface area contributed by atoms with E-state index in [-0.39, 0.29) is 0 Å². The molecule has 2 fully saturated rings. The van der Waals surface area contributed by atoms with Gasteiger partial charge >= 0.3 is 0 Å². The van der Waals surface area contributed by atoms with Crippen molar-refractivity contribution < 1.29 is 9.57 Å². The van der Waals surface area contributed by atoms with E-state index in [1.54, 1.807) is 0 Å². The molecule has 3 heteroatoms. The molecule has 0 spiro atoms. The summed E-state index contributed by atoms with van der Waals surface area (Å²) < 4.78 is 5.39. The molecule has 1 atom stereocenters. The van der Waals surface area contributed by atoms with Crippen LogP contribution in [0.15, 0.2) is 0 Å². The first kappa shape index (κ1) is 11.4. The fourth-order valence-electron chi connectivity index (χ4n) is 2.47. The normalized spacial score (nSPS) is 28.0. The van der Waals surface area contributed by atoms with Crippen LogP contribution in [0.5, 0.6) is 0 Å². The van der Waals surface area contributed by atoms with Gasteiger partial charge in [-0.05, 0) is 25.2 Å². The highest BCUT2D eigenvalue weighted by molar-refractivity contribution is 4.69. The van der Waals surface area contributed by atoms with Crippen molar-refractivity contribution in [2.75, 3.05) is 26.3 Å². The number of ether oxygens (including phenoxy) is 1. The second kappa shape index (κ2) is 5.83. The summed E-state index contributed by atoms with van der Waals surface area (Å²) in [6, 6.07) is 0. The van der Waals surface area contributed by atoms with Crippen LogP contribution >= 0.6 is 0 Å². The summed E-state index contributed by atoms with van der Waals surface area (Å²) in [4.78, 5) is 6.00. The van der Waals surface area contributed by atoms with Gasteiger partial charge in [0.25, 0.3) is 0 Å². The van der Waals surface area contributed by atoms with E-state index in [0.717, 1.165) is 26.3 Å². The molecular weight excluding hydrogens is 190 g/mol. The molecule has 1 aliphatic carbocycles. The lowest BCUT2D eigenvalue weighted by Gasteiger charge is -2.26. The third-order valence-corrected chi connectivity index (χ3v) is 3.44. The minimum atomic E-state index is 0.493. The summed E-state index contributed by atoms with van der Waals surface area (Å²) in [5.74, 6) is 0.686. The highest BCUT2D eigenvalue weighted by Gasteiger charge is 2.22. The maximum Gasteiger partial charge on any atom is 0.0793 e. The van der Waals surface area contributed by atoms with E-state index >= 15 is 0 Å². The van der Waals surface area contributed by atoms with Crippen LogP contribution in [0.25, 0.3) is 0 Å². The largest absolute Gasteiger partial charge is 0.381 e. The van der Waals surface area contributed by atoms with E-state index < -0.39 is 0 Å². The Balaban J connectivity index is 1.70. The molecule has 2 rings (SSSR count). The number of nitrogens with zero attached hydrogens (tertiary/aromatic N) is 1. The molecule has 2 aliphatic rings. The average molecular weight is 213 g/mol. The van der Waals surface area contributed by atoms with Crippen LogP contribution in [0.1, 0.15) is 39.0 Å². The Labute approximate surface area is 92.7 Å². The molecule has 0 bridgehead atoms. The van der Waals surface area contributed by atoms with Gasteiger partial charge in [-0.1, -0.05) is 19.8 Å². The van der Waals surface area contributed by atoms with Gasteiger partial charge in [-0.15, -0.1) is 0 Å². The van der Waals surface area contributed by atoms with Crippen molar-refractivity contribution in [3.8, 4) is 0 Å². The lowest BCUT2D eigenvalue weighted by molar-refractivity contribution is -0.199. The van der Waals surface area contributed by atoms with Crippen LogP contribution in [0, 0.1) is 5.92 Å². The molecule has 1 saturated carbocycles. The number of hydroxylamine groups is 2. The van der Waals surface area contributed by atoms with Crippen molar-refractivity contribution in [3.05, 3.63) is 0 Å². The van der Waals surface area contributed by atoms with Crippen LogP contribution in [-0.4, -0.2) is 37.5 Å². The van der Waals surface area contributed by atoms with Gasteiger partial charge in [-0.2, -0.15) is 5.06 Å². The van der Waals surface area contributed by atoms with Crippen LogP contribution < -0.4 is 0 Å². The molecule has 0 N–H and O–H groups in total. The molecule has 15 heavy (non-hydrogen) atoms. The molecule has 1 aliphatic heterocycles. The topological polar surface area (TPSA) is 21.7 Å². The second-order valence-electron chi connectivity index (χ2n) is 4.72. The minimum absolute atomic E-state index is 0.493. The van der Waals surface area contributed by atoms with Crippen LogP contribution in [-0.2, 0) is 9.57 Å². The monoisotopic (exact) mass is 213 g/mol. The predicted octanol–water partition coefficient (Wildman–Crippen LogP) is 2.22. The molecule has 0 amide bonds. The molecule has 0 aromatic rings. The quantitative estimate of drug-likeness (QED) is 0.654. The molecule has 0 aromatic carbocycles. The fraction of sp³-hybridized carbons (Fsp3) is 1.00. The zero-order valence-electron chi connectivity index (χ0n) is 9.78. The first-order chi connectivity index (χ1) is 7.38. The van der Waals surface area contributed by atoms with Gasteiger partial charge < -0.3 is 4.74 Å². The Morgan fingerprint density at radius 3 is 2.67 bits per heavy atom. The van der Waals surface area contributed by atoms with Gasteiger partial charge in [-0.3, -0.25) is 4.84 Å². The van der Waals surface area contributed by atoms with Gasteiger partial charge in [-0.25, -0.2) is 0 Å². The first-order valence-electron chi connectivity index (χ1n) is 6.38. The van der Waals surface area contributed by atoms with Gasteiger partial charge in [0.1, 0.15) is 0 Å². The Kier molecular flexibility index (Phi) is 4.42. The molecule has 88 valence electrons. The van der Waals surface area contributed by atoms with E-state index in [0.29, 0.717) is 12.0 Å². The summed E-state index contributed by atoms with van der Waals surface area (Å²) in [7, 11) is 0. The molecule has 0 radical (unpaired) electrons. The Hall–Kier alpha value is -0.120. The van der Waals surface area contributed by atoms with Gasteiger partial charge in [0.05, 0.1) is 12.7 Å². The number of hydrogen-bond donors (Lipinski definition) is 0. The van der Waals surface area contributed by atoms with Crippen LogP contribution in [0.4, 0.5) is 0 Å². The van der Waals surface area contributed by atoms with Crippen molar-refractivity contribution >= 4 is 0 Å². The van der Waals surface area contributed by atoms with E-state index in [1.165, 1.54) is 32.1 Å². The van der Waals surface area contributed by atoms with E-state index in [2.05, 4.69) is 12.0 Å². The lowest BCUT2D eigenvalue weighted by Crippen LogP contribution is -2.33. The number of rotatable bonds is 5. The average Bonchev–Trinajstić information content (AvgIpc) is 2.89. The molecule has 1 heterocycles. The summed E-state index contributed by atoms with van der Waals surface area (Å²) in [5, 5.41) is 2.15. The molecule has 1 saturated heterocycles. The third kappa shape index (κ3) is 3.44.